The molecule has 1 aromatic rings. The number of aryl methyl sites for hydroxylation is 1. The molecule has 7 heteroatoms. The Balaban J connectivity index is 1.91. The number of rotatable bonds is 4. The van der Waals surface area contributed by atoms with Gasteiger partial charge in [-0.2, -0.15) is 5.10 Å². The van der Waals surface area contributed by atoms with Crippen molar-refractivity contribution in [1.82, 2.24) is 15.1 Å². The molecule has 0 aromatic carbocycles. The lowest BCUT2D eigenvalue weighted by atomic mass is 10.2. The van der Waals surface area contributed by atoms with E-state index >= 15 is 0 Å². The molecule has 0 atom stereocenters. The van der Waals surface area contributed by atoms with Gasteiger partial charge in [0.2, 0.25) is 11.8 Å². The molecule has 0 unspecified atom stereocenters. The Labute approximate surface area is 103 Å². The molecular weight excluding hydrogens is 240 g/mol. The van der Waals surface area contributed by atoms with Gasteiger partial charge in [-0.15, -0.1) is 11.8 Å². The number of aromatic amines is 1. The molecule has 92 valence electrons. The molecule has 2 heterocycles. The van der Waals surface area contributed by atoms with E-state index in [2.05, 4.69) is 15.5 Å². The van der Waals surface area contributed by atoms with E-state index < -0.39 is 0 Å². The van der Waals surface area contributed by atoms with E-state index in [1.807, 2.05) is 6.92 Å². The molecule has 0 radical (unpaired) electrons. The van der Waals surface area contributed by atoms with Crippen LogP contribution in [0.4, 0.5) is 5.82 Å². The predicted molar refractivity (Wildman–Crippen MR) is 65.6 cm³/mol. The van der Waals surface area contributed by atoms with E-state index in [1.165, 1.54) is 11.8 Å². The van der Waals surface area contributed by atoms with Gasteiger partial charge < -0.3 is 10.2 Å². The first-order valence-electron chi connectivity index (χ1n) is 5.38. The molecule has 2 amide bonds. The van der Waals surface area contributed by atoms with E-state index in [1.54, 1.807) is 11.1 Å². The molecule has 0 saturated carbocycles. The third-order valence-electron chi connectivity index (χ3n) is 2.52. The highest BCUT2D eigenvalue weighted by Crippen LogP contribution is 2.15. The number of H-pyrrole nitrogens is 1. The van der Waals surface area contributed by atoms with Crippen LogP contribution in [0.5, 0.6) is 0 Å². The summed E-state index contributed by atoms with van der Waals surface area (Å²) in [6.07, 6.45) is 2.48. The van der Waals surface area contributed by atoms with Gasteiger partial charge in [-0.3, -0.25) is 14.7 Å². The monoisotopic (exact) mass is 254 g/mol. The van der Waals surface area contributed by atoms with Crippen molar-refractivity contribution in [2.75, 3.05) is 23.5 Å². The average molecular weight is 254 g/mol. The highest BCUT2D eigenvalue weighted by atomic mass is 32.2. The quantitative estimate of drug-likeness (QED) is 0.817. The smallest absolute Gasteiger partial charge is 0.245 e. The second-order valence-electron chi connectivity index (χ2n) is 3.74. The third kappa shape index (κ3) is 2.79. The lowest BCUT2D eigenvalue weighted by Crippen LogP contribution is -2.34. The Morgan fingerprint density at radius 1 is 1.71 bits per heavy atom. The molecule has 2 rings (SSSR count). The number of aromatic nitrogens is 2. The van der Waals surface area contributed by atoms with Crippen LogP contribution in [0.25, 0.3) is 0 Å². The van der Waals surface area contributed by atoms with Crippen molar-refractivity contribution in [1.29, 1.82) is 0 Å². The van der Waals surface area contributed by atoms with Crippen molar-refractivity contribution >= 4 is 29.4 Å². The SMILES string of the molecule is CCc1cn[nH]c1NC(=O)CN1CSCC1=O. The van der Waals surface area contributed by atoms with Gasteiger partial charge in [0.1, 0.15) is 12.4 Å². The zero-order valence-corrected chi connectivity index (χ0v) is 10.3. The molecule has 1 aliphatic heterocycles. The fourth-order valence-electron chi connectivity index (χ4n) is 1.58. The minimum absolute atomic E-state index is 0.0190. The van der Waals surface area contributed by atoms with Crippen LogP contribution < -0.4 is 5.32 Å². The second kappa shape index (κ2) is 5.22. The average Bonchev–Trinajstić information content (AvgIpc) is 2.89. The Bertz CT molecular complexity index is 432. The maximum Gasteiger partial charge on any atom is 0.245 e. The van der Waals surface area contributed by atoms with Crippen LogP contribution in [0.15, 0.2) is 6.20 Å². The standard InChI is InChI=1S/C10H14N4O2S/c1-2-7-3-11-13-10(7)12-8(15)4-14-6-17-5-9(14)16/h3H,2,4-6H2,1H3,(H2,11,12,13,15). The van der Waals surface area contributed by atoms with Crippen LogP contribution in [-0.4, -0.2) is 45.1 Å². The molecule has 17 heavy (non-hydrogen) atoms. The number of thioether (sulfide) groups is 1. The van der Waals surface area contributed by atoms with Crippen LogP contribution in [0.1, 0.15) is 12.5 Å². The van der Waals surface area contributed by atoms with Crippen molar-refractivity contribution in [2.45, 2.75) is 13.3 Å². The first-order chi connectivity index (χ1) is 8.20. The molecule has 6 nitrogen and oxygen atoms in total. The summed E-state index contributed by atoms with van der Waals surface area (Å²) >= 11 is 1.52. The molecule has 0 bridgehead atoms. The van der Waals surface area contributed by atoms with Crippen LogP contribution in [-0.2, 0) is 16.0 Å². The first-order valence-corrected chi connectivity index (χ1v) is 6.53. The molecule has 1 aliphatic rings. The molecule has 0 aliphatic carbocycles. The molecule has 1 saturated heterocycles. The van der Waals surface area contributed by atoms with E-state index in [-0.39, 0.29) is 18.4 Å². The summed E-state index contributed by atoms with van der Waals surface area (Å²) in [5, 5.41) is 9.33. The van der Waals surface area contributed by atoms with Gasteiger partial charge in [-0.1, -0.05) is 6.92 Å². The number of carbonyl (C=O) groups excluding carboxylic acids is 2. The minimum Gasteiger partial charge on any atom is -0.323 e. The highest BCUT2D eigenvalue weighted by Gasteiger charge is 2.23. The van der Waals surface area contributed by atoms with Gasteiger partial charge in [-0.05, 0) is 6.42 Å². The summed E-state index contributed by atoms with van der Waals surface area (Å²) in [6.45, 7) is 2.09. The van der Waals surface area contributed by atoms with Crippen molar-refractivity contribution in [2.24, 2.45) is 0 Å². The fourth-order valence-corrected chi connectivity index (χ4v) is 2.48. The zero-order valence-electron chi connectivity index (χ0n) is 9.52. The zero-order chi connectivity index (χ0) is 12.3. The van der Waals surface area contributed by atoms with Gasteiger partial charge >= 0.3 is 0 Å². The molecule has 1 aromatic heterocycles. The van der Waals surface area contributed by atoms with E-state index in [4.69, 9.17) is 0 Å². The number of hydrogen-bond donors (Lipinski definition) is 2. The van der Waals surface area contributed by atoms with Crippen molar-refractivity contribution in [3.05, 3.63) is 11.8 Å². The highest BCUT2D eigenvalue weighted by molar-refractivity contribution is 8.00. The molecular formula is C10H14N4O2S. The lowest BCUT2D eigenvalue weighted by molar-refractivity contribution is -0.130. The van der Waals surface area contributed by atoms with Gasteiger partial charge in [0.25, 0.3) is 0 Å². The summed E-state index contributed by atoms with van der Waals surface area (Å²) in [7, 11) is 0. The number of carbonyl (C=O) groups is 2. The minimum atomic E-state index is -0.195. The van der Waals surface area contributed by atoms with Crippen molar-refractivity contribution in [3.8, 4) is 0 Å². The Hall–Kier alpha value is -1.50. The predicted octanol–water partition coefficient (Wildman–Crippen LogP) is 0.443. The molecule has 1 fully saturated rings. The van der Waals surface area contributed by atoms with Gasteiger partial charge in [0.05, 0.1) is 17.8 Å². The summed E-state index contributed by atoms with van der Waals surface area (Å²) in [5.41, 5.74) is 0.959. The van der Waals surface area contributed by atoms with Crippen molar-refractivity contribution in [3.63, 3.8) is 0 Å². The number of anilines is 1. The number of nitrogens with zero attached hydrogens (tertiary/aromatic N) is 2. The van der Waals surface area contributed by atoms with Crippen LogP contribution in [0.3, 0.4) is 0 Å². The number of amides is 2. The largest absolute Gasteiger partial charge is 0.323 e. The van der Waals surface area contributed by atoms with Gasteiger partial charge in [0.15, 0.2) is 0 Å². The second-order valence-corrected chi connectivity index (χ2v) is 4.70. The summed E-state index contributed by atoms with van der Waals surface area (Å²) in [5.74, 6) is 1.51. The van der Waals surface area contributed by atoms with Gasteiger partial charge in [-0.25, -0.2) is 0 Å². The molecule has 2 N–H and O–H groups in total. The Morgan fingerprint density at radius 3 is 3.18 bits per heavy atom. The van der Waals surface area contributed by atoms with Crippen LogP contribution in [0.2, 0.25) is 0 Å². The van der Waals surface area contributed by atoms with E-state index in [9.17, 15) is 9.59 Å². The fraction of sp³-hybridized carbons (Fsp3) is 0.500. The maximum absolute atomic E-state index is 11.7. The summed E-state index contributed by atoms with van der Waals surface area (Å²) in [6, 6.07) is 0. The molecule has 0 spiro atoms. The normalized spacial score (nSPS) is 15.4. The number of nitrogens with one attached hydrogen (secondary N) is 2. The Morgan fingerprint density at radius 2 is 2.53 bits per heavy atom. The van der Waals surface area contributed by atoms with E-state index in [0.29, 0.717) is 17.4 Å². The van der Waals surface area contributed by atoms with Crippen LogP contribution in [0, 0.1) is 0 Å². The van der Waals surface area contributed by atoms with Crippen molar-refractivity contribution < 1.29 is 9.59 Å². The topological polar surface area (TPSA) is 78.1 Å². The van der Waals surface area contributed by atoms with E-state index in [0.717, 1.165) is 12.0 Å². The maximum atomic E-state index is 11.7. The summed E-state index contributed by atoms with van der Waals surface area (Å²) in [4.78, 5) is 24.6. The first kappa shape index (κ1) is 12.0. The van der Waals surface area contributed by atoms with Gasteiger partial charge in [0, 0.05) is 5.56 Å². The third-order valence-corrected chi connectivity index (χ3v) is 3.47. The Kier molecular flexibility index (Phi) is 3.68. The summed E-state index contributed by atoms with van der Waals surface area (Å²) < 4.78 is 0. The van der Waals surface area contributed by atoms with Crippen LogP contribution >= 0.6 is 11.8 Å². The number of hydrogen-bond acceptors (Lipinski definition) is 4. The lowest BCUT2D eigenvalue weighted by Gasteiger charge is -2.13.